The molecule has 3 rings (SSSR count). The number of rotatable bonds is 11. The summed E-state index contributed by atoms with van der Waals surface area (Å²) in [4.78, 5) is 39.1. The molecule has 3 atom stereocenters. The Bertz CT molecular complexity index is 1050. The summed E-state index contributed by atoms with van der Waals surface area (Å²) in [7, 11) is 2.98. The molecule has 0 bridgehead atoms. The molecule has 1 aromatic carbocycles. The molecule has 1 aromatic rings. The number of ether oxygens (including phenoxy) is 3. The third-order valence-corrected chi connectivity index (χ3v) is 5.77. The molecule has 0 fully saturated rings. The Morgan fingerprint density at radius 1 is 1.34 bits per heavy atom. The lowest BCUT2D eigenvalue weighted by atomic mass is 9.88. The molecule has 5 N–H and O–H groups in total. The zero-order valence-corrected chi connectivity index (χ0v) is 20.0. The average molecular weight is 486 g/mol. The number of nitrogen functional groups attached to an aromatic ring is 1. The van der Waals surface area contributed by atoms with Crippen LogP contribution in [0.15, 0.2) is 42.1 Å². The molecule has 0 saturated carbocycles. The number of nitrogens with zero attached hydrogens (tertiary/aromatic N) is 1. The predicted molar refractivity (Wildman–Crippen MR) is 128 cm³/mol. The van der Waals surface area contributed by atoms with E-state index < -0.39 is 18.2 Å². The predicted octanol–water partition coefficient (Wildman–Crippen LogP) is 0.0439. The molecular formula is C24H31N5O6. The second-order valence-electron chi connectivity index (χ2n) is 8.02. The molecule has 11 heteroatoms. The maximum Gasteiger partial charge on any atom is 0.270 e. The Labute approximate surface area is 203 Å². The van der Waals surface area contributed by atoms with Crippen LogP contribution in [0.1, 0.15) is 18.1 Å². The van der Waals surface area contributed by atoms with Gasteiger partial charge in [-0.2, -0.15) is 0 Å². The summed E-state index contributed by atoms with van der Waals surface area (Å²) in [5, 5.41) is 12.9. The van der Waals surface area contributed by atoms with Crippen LogP contribution in [0.3, 0.4) is 0 Å². The first-order valence-corrected chi connectivity index (χ1v) is 11.2. The van der Waals surface area contributed by atoms with Crippen molar-refractivity contribution in [2.75, 3.05) is 33.9 Å². The van der Waals surface area contributed by atoms with Crippen LogP contribution < -0.4 is 21.1 Å². The number of nitrogens with one attached hydrogen (secondary N) is 3. The maximum atomic E-state index is 13.1. The van der Waals surface area contributed by atoms with E-state index in [0.29, 0.717) is 30.0 Å². The molecule has 0 aromatic heterocycles. The van der Waals surface area contributed by atoms with E-state index in [0.717, 1.165) is 5.57 Å². The van der Waals surface area contributed by atoms with E-state index >= 15 is 0 Å². The fraction of sp³-hybridized carbons (Fsp3) is 0.417. The summed E-state index contributed by atoms with van der Waals surface area (Å²) in [6.07, 6.45) is 3.78. The highest BCUT2D eigenvalue weighted by Crippen LogP contribution is 2.31. The summed E-state index contributed by atoms with van der Waals surface area (Å²) in [5.41, 5.74) is 7.40. The van der Waals surface area contributed by atoms with Gasteiger partial charge in [-0.15, -0.1) is 0 Å². The van der Waals surface area contributed by atoms with Crippen molar-refractivity contribution >= 4 is 23.4 Å². The number of fused-ring (bicyclic) bond motifs is 1. The third kappa shape index (κ3) is 6.06. The second-order valence-corrected chi connectivity index (χ2v) is 8.02. The van der Waals surface area contributed by atoms with Gasteiger partial charge in [-0.25, -0.2) is 0 Å². The van der Waals surface area contributed by atoms with E-state index in [4.69, 9.17) is 25.4 Å². The highest BCUT2D eigenvalue weighted by molar-refractivity contribution is 5.95. The number of carbonyl (C=O) groups is 3. The zero-order valence-electron chi connectivity index (χ0n) is 20.0. The van der Waals surface area contributed by atoms with Crippen molar-refractivity contribution in [3.63, 3.8) is 0 Å². The topological polar surface area (TPSA) is 156 Å². The SMILES string of the molecule is CCOC(C(=O)NCc1ccc(C(=N)N)cc1OCC(=O)NC)N1C=C2C=CC(OC)C(=O)C2C1. The van der Waals surface area contributed by atoms with Gasteiger partial charge in [-0.05, 0) is 24.6 Å². The molecule has 188 valence electrons. The minimum absolute atomic E-state index is 0.0529. The van der Waals surface area contributed by atoms with Gasteiger partial charge < -0.3 is 35.5 Å². The lowest BCUT2D eigenvalue weighted by Crippen LogP contribution is -2.47. The standard InChI is InChI=1S/C24H31N5O6/c1-4-34-24(29-11-16-7-8-18(33-3)21(31)17(16)12-29)23(32)28-10-15-6-5-14(22(25)26)9-19(15)35-13-20(30)27-2/h5-9,11,17-18,24H,4,10,12-13H2,1-3H3,(H3,25,26)(H,27,30)(H,28,32). The Hall–Kier alpha value is -3.70. The van der Waals surface area contributed by atoms with Crippen LogP contribution in [-0.2, 0) is 30.4 Å². The lowest BCUT2D eigenvalue weighted by molar-refractivity contribution is -0.144. The summed E-state index contributed by atoms with van der Waals surface area (Å²) >= 11 is 0. The van der Waals surface area contributed by atoms with Crippen molar-refractivity contribution in [2.24, 2.45) is 11.7 Å². The molecular weight excluding hydrogens is 454 g/mol. The van der Waals surface area contributed by atoms with Crippen molar-refractivity contribution in [2.45, 2.75) is 25.8 Å². The number of methoxy groups -OCH3 is 1. The van der Waals surface area contributed by atoms with Crippen molar-refractivity contribution < 1.29 is 28.6 Å². The Balaban J connectivity index is 1.72. The number of ketones is 1. The van der Waals surface area contributed by atoms with E-state index in [2.05, 4.69) is 10.6 Å². The van der Waals surface area contributed by atoms with Crippen LogP contribution in [0.5, 0.6) is 5.75 Å². The third-order valence-electron chi connectivity index (χ3n) is 5.77. The number of benzene rings is 1. The van der Waals surface area contributed by atoms with Crippen molar-refractivity contribution in [1.29, 1.82) is 5.41 Å². The average Bonchev–Trinajstić information content (AvgIpc) is 3.29. The van der Waals surface area contributed by atoms with Gasteiger partial charge in [-0.1, -0.05) is 18.2 Å². The van der Waals surface area contributed by atoms with E-state index in [1.165, 1.54) is 14.2 Å². The van der Waals surface area contributed by atoms with Gasteiger partial charge in [-0.3, -0.25) is 19.8 Å². The minimum atomic E-state index is -0.938. The van der Waals surface area contributed by atoms with Crippen LogP contribution >= 0.6 is 0 Å². The summed E-state index contributed by atoms with van der Waals surface area (Å²) in [5.74, 6) is -0.982. The number of amides is 2. The number of hydrogen-bond acceptors (Lipinski definition) is 8. The molecule has 35 heavy (non-hydrogen) atoms. The Morgan fingerprint density at radius 3 is 2.77 bits per heavy atom. The van der Waals surface area contributed by atoms with Gasteiger partial charge >= 0.3 is 0 Å². The molecule has 1 aliphatic heterocycles. The molecule has 2 amide bonds. The first kappa shape index (κ1) is 25.9. The van der Waals surface area contributed by atoms with Crippen LogP contribution in [-0.4, -0.2) is 74.6 Å². The van der Waals surface area contributed by atoms with E-state index in [9.17, 15) is 14.4 Å². The maximum absolute atomic E-state index is 13.1. The summed E-state index contributed by atoms with van der Waals surface area (Å²) in [6.45, 7) is 2.24. The highest BCUT2D eigenvalue weighted by Gasteiger charge is 2.39. The number of amidine groups is 1. The smallest absolute Gasteiger partial charge is 0.270 e. The molecule has 2 aliphatic rings. The van der Waals surface area contributed by atoms with Crippen LogP contribution in [0.4, 0.5) is 0 Å². The highest BCUT2D eigenvalue weighted by atomic mass is 16.5. The van der Waals surface area contributed by atoms with Crippen molar-refractivity contribution in [1.82, 2.24) is 15.5 Å². The largest absolute Gasteiger partial charge is 0.483 e. The number of nitrogens with two attached hydrogens (primary N) is 1. The second kappa shape index (κ2) is 11.6. The van der Waals surface area contributed by atoms with E-state index in [-0.39, 0.29) is 36.6 Å². The number of likely N-dealkylation sites (N-methyl/N-ethyl adjacent to an activating group) is 1. The van der Waals surface area contributed by atoms with Gasteiger partial charge in [0.05, 0.1) is 5.92 Å². The van der Waals surface area contributed by atoms with Gasteiger partial charge in [0.15, 0.2) is 12.4 Å². The Morgan fingerprint density at radius 2 is 2.11 bits per heavy atom. The Kier molecular flexibility index (Phi) is 8.61. The normalized spacial score (nSPS) is 19.6. The van der Waals surface area contributed by atoms with Crippen molar-refractivity contribution in [3.8, 4) is 5.75 Å². The van der Waals surface area contributed by atoms with Gasteiger partial charge in [0.2, 0.25) is 6.23 Å². The number of carbonyl (C=O) groups excluding carboxylic acids is 3. The molecule has 0 radical (unpaired) electrons. The quantitative estimate of drug-likeness (QED) is 0.253. The fourth-order valence-electron chi connectivity index (χ4n) is 3.88. The first-order valence-electron chi connectivity index (χ1n) is 11.2. The molecule has 3 unspecified atom stereocenters. The van der Waals surface area contributed by atoms with E-state index in [1.807, 2.05) is 6.08 Å². The first-order chi connectivity index (χ1) is 16.8. The van der Waals surface area contributed by atoms with Gasteiger partial charge in [0.1, 0.15) is 17.7 Å². The van der Waals surface area contributed by atoms with Crippen LogP contribution in [0, 0.1) is 11.3 Å². The molecule has 1 aliphatic carbocycles. The molecule has 0 saturated heterocycles. The van der Waals surface area contributed by atoms with Crippen LogP contribution in [0.25, 0.3) is 0 Å². The van der Waals surface area contributed by atoms with E-state index in [1.54, 1.807) is 42.3 Å². The number of hydrogen-bond donors (Lipinski definition) is 4. The zero-order chi connectivity index (χ0) is 25.5. The monoisotopic (exact) mass is 485 g/mol. The molecule has 0 spiro atoms. The van der Waals surface area contributed by atoms with Crippen LogP contribution in [0.2, 0.25) is 0 Å². The van der Waals surface area contributed by atoms with Gasteiger partial charge in [0.25, 0.3) is 11.8 Å². The fourth-order valence-corrected chi connectivity index (χ4v) is 3.88. The molecule has 11 nitrogen and oxygen atoms in total. The minimum Gasteiger partial charge on any atom is -0.483 e. The van der Waals surface area contributed by atoms with Gasteiger partial charge in [0, 0.05) is 51.2 Å². The number of allylic oxidation sites excluding steroid dienone is 1. The molecule has 1 heterocycles. The lowest BCUT2D eigenvalue weighted by Gasteiger charge is -2.28. The number of Topliss-reactive ketones (excluding diaryl/α,β-unsaturated/α-hetero) is 1. The van der Waals surface area contributed by atoms with Crippen molar-refractivity contribution in [3.05, 3.63) is 53.3 Å². The summed E-state index contributed by atoms with van der Waals surface area (Å²) in [6, 6.07) is 4.86. The summed E-state index contributed by atoms with van der Waals surface area (Å²) < 4.78 is 16.5.